The molecule has 2 heterocycles. The molecule has 0 fully saturated rings. The maximum absolute atomic E-state index is 13.0. The molecule has 4 rings (SSSR count). The summed E-state index contributed by atoms with van der Waals surface area (Å²) in [6.45, 7) is 12.4. The molecule has 1 atom stereocenters. The van der Waals surface area contributed by atoms with Crippen LogP contribution in [0.15, 0.2) is 71.1 Å². The summed E-state index contributed by atoms with van der Waals surface area (Å²) in [4.78, 5) is 18.6. The Balaban J connectivity index is 1.47. The van der Waals surface area contributed by atoms with Crippen molar-refractivity contribution in [3.8, 4) is 5.75 Å². The van der Waals surface area contributed by atoms with Gasteiger partial charge in [0.25, 0.3) is 0 Å². The zero-order valence-electron chi connectivity index (χ0n) is 23.0. The van der Waals surface area contributed by atoms with Crippen LogP contribution in [0.5, 0.6) is 5.75 Å². The van der Waals surface area contributed by atoms with Gasteiger partial charge in [0.2, 0.25) is 0 Å². The average molecular weight is 529 g/mol. The van der Waals surface area contributed by atoms with Crippen molar-refractivity contribution in [2.75, 3.05) is 6.61 Å². The number of nitrogens with one attached hydrogen (secondary N) is 1. The van der Waals surface area contributed by atoms with Gasteiger partial charge in [-0.25, -0.2) is 4.79 Å². The van der Waals surface area contributed by atoms with Crippen LogP contribution in [0.25, 0.3) is 0 Å². The molecule has 1 unspecified atom stereocenters. The monoisotopic (exact) mass is 528 g/mol. The van der Waals surface area contributed by atoms with E-state index in [1.165, 1.54) is 11.3 Å². The smallest absolute Gasteiger partial charge is 0.338 e. The third-order valence-electron chi connectivity index (χ3n) is 6.83. The molecule has 5 nitrogen and oxygen atoms in total. The van der Waals surface area contributed by atoms with Gasteiger partial charge >= 0.3 is 5.97 Å². The van der Waals surface area contributed by atoms with Crippen molar-refractivity contribution in [2.24, 2.45) is 4.99 Å². The van der Waals surface area contributed by atoms with Crippen molar-refractivity contribution in [2.45, 2.75) is 64.3 Å². The predicted molar refractivity (Wildman–Crippen MR) is 156 cm³/mol. The number of benzene rings is 2. The van der Waals surface area contributed by atoms with Gasteiger partial charge in [0, 0.05) is 23.8 Å². The lowest BCUT2D eigenvalue weighted by atomic mass is 9.78. The molecule has 0 radical (unpaired) electrons. The van der Waals surface area contributed by atoms with Crippen molar-refractivity contribution in [3.05, 3.63) is 98.8 Å². The minimum atomic E-state index is -0.815. The van der Waals surface area contributed by atoms with Crippen LogP contribution in [-0.2, 0) is 27.5 Å². The molecule has 0 saturated carbocycles. The van der Waals surface area contributed by atoms with Gasteiger partial charge < -0.3 is 15.3 Å². The highest BCUT2D eigenvalue weighted by atomic mass is 32.1. The van der Waals surface area contributed by atoms with Gasteiger partial charge in [0.1, 0.15) is 11.3 Å². The minimum Gasteiger partial charge on any atom is -0.507 e. The topological polar surface area (TPSA) is 82.7 Å². The van der Waals surface area contributed by atoms with Crippen LogP contribution in [0.3, 0.4) is 0 Å². The van der Waals surface area contributed by atoms with E-state index < -0.39 is 11.5 Å². The fourth-order valence-electron chi connectivity index (χ4n) is 4.62. The van der Waals surface area contributed by atoms with E-state index in [9.17, 15) is 9.90 Å². The number of carbonyl (C=O) groups excluding carboxylic acids is 1. The lowest BCUT2D eigenvalue weighted by Crippen LogP contribution is -2.30. The van der Waals surface area contributed by atoms with Crippen molar-refractivity contribution in [3.63, 3.8) is 0 Å². The van der Waals surface area contributed by atoms with Crippen LogP contribution in [-0.4, -0.2) is 29.6 Å². The Morgan fingerprint density at radius 3 is 2.16 bits per heavy atom. The second kappa shape index (κ2) is 10.3. The van der Waals surface area contributed by atoms with E-state index in [1.54, 1.807) is 18.3 Å². The Bertz CT molecular complexity index is 1340. The molecule has 0 bridgehead atoms. The fourth-order valence-corrected chi connectivity index (χ4v) is 5.36. The van der Waals surface area contributed by atoms with E-state index in [-0.39, 0.29) is 23.2 Å². The van der Waals surface area contributed by atoms with E-state index in [1.807, 2.05) is 95.5 Å². The summed E-state index contributed by atoms with van der Waals surface area (Å²) in [7, 11) is 0. The Morgan fingerprint density at radius 1 is 1.03 bits per heavy atom. The molecule has 198 valence electrons. The highest BCUT2D eigenvalue weighted by Crippen LogP contribution is 2.40. The third-order valence-corrected chi connectivity index (χ3v) is 7.72. The van der Waals surface area contributed by atoms with E-state index >= 15 is 0 Å². The molecule has 6 heteroatoms. The number of aliphatic imine (C=N–C) groups is 1. The number of esters is 1. The highest BCUT2D eigenvalue weighted by Gasteiger charge is 2.36. The number of hydrogen-bond donors (Lipinski definition) is 2. The zero-order valence-corrected chi connectivity index (χ0v) is 23.8. The third kappa shape index (κ3) is 5.51. The number of hydrogen-bond acceptors (Lipinski definition) is 6. The first kappa shape index (κ1) is 27.5. The van der Waals surface area contributed by atoms with Gasteiger partial charge in [-0.2, -0.15) is 0 Å². The van der Waals surface area contributed by atoms with Gasteiger partial charge in [-0.1, -0.05) is 71.9 Å². The quantitative estimate of drug-likeness (QED) is 0.248. The van der Waals surface area contributed by atoms with E-state index in [0.717, 1.165) is 27.1 Å². The summed E-state index contributed by atoms with van der Waals surface area (Å²) >= 11 is 1.54. The summed E-state index contributed by atoms with van der Waals surface area (Å²) in [5.74, 6) is -0.153. The summed E-state index contributed by atoms with van der Waals surface area (Å²) in [6, 6.07) is 15.4. The number of phenolic OH excluding ortho intramolecular Hbond substituents is 1. The van der Waals surface area contributed by atoms with Crippen molar-refractivity contribution in [1.29, 1.82) is 5.41 Å². The predicted octanol–water partition coefficient (Wildman–Crippen LogP) is 7.35. The second-order valence-electron chi connectivity index (χ2n) is 11.8. The molecule has 2 aromatic carbocycles. The first-order valence-electron chi connectivity index (χ1n) is 12.8. The van der Waals surface area contributed by atoms with Crippen molar-refractivity contribution >= 4 is 29.2 Å². The molecule has 1 aromatic heterocycles. The van der Waals surface area contributed by atoms with Gasteiger partial charge in [-0.3, -0.25) is 4.99 Å². The van der Waals surface area contributed by atoms with Gasteiger partial charge in [0.15, 0.2) is 0 Å². The van der Waals surface area contributed by atoms with Crippen LogP contribution in [0.2, 0.25) is 0 Å². The summed E-state index contributed by atoms with van der Waals surface area (Å²) in [5, 5.41) is 21.7. The van der Waals surface area contributed by atoms with E-state index in [4.69, 9.17) is 10.1 Å². The van der Waals surface area contributed by atoms with Crippen molar-refractivity contribution in [1.82, 2.24) is 0 Å². The number of carbonyl (C=O) groups is 1. The van der Waals surface area contributed by atoms with Gasteiger partial charge in [0.05, 0.1) is 22.8 Å². The zero-order chi connectivity index (χ0) is 27.7. The average Bonchev–Trinajstić information content (AvgIpc) is 3.56. The fraction of sp³-hybridized carbons (Fsp3) is 0.344. The number of allylic oxidation sites excluding steroid dienone is 1. The largest absolute Gasteiger partial charge is 0.507 e. The number of ether oxygens (including phenoxy) is 1. The van der Waals surface area contributed by atoms with Gasteiger partial charge in [-0.15, -0.1) is 11.3 Å². The first-order valence-corrected chi connectivity index (χ1v) is 13.7. The Labute approximate surface area is 229 Å². The molecule has 3 aromatic rings. The maximum Gasteiger partial charge on any atom is 0.338 e. The number of phenols is 1. The lowest BCUT2D eigenvalue weighted by Gasteiger charge is -2.28. The normalized spacial score (nSPS) is 17.1. The number of nitrogens with zero attached hydrogens (tertiary/aromatic N) is 1. The van der Waals surface area contributed by atoms with E-state index in [2.05, 4.69) is 4.99 Å². The van der Waals surface area contributed by atoms with Crippen molar-refractivity contribution < 1.29 is 14.6 Å². The molecule has 1 aliphatic rings. The molecular weight excluding hydrogens is 492 g/mol. The number of aromatic hydroxyl groups is 1. The highest BCUT2D eigenvalue weighted by molar-refractivity contribution is 7.12. The summed E-state index contributed by atoms with van der Waals surface area (Å²) in [5.41, 5.74) is 2.87. The molecule has 2 N–H and O–H groups in total. The minimum absolute atomic E-state index is 0.239. The van der Waals surface area contributed by atoms with Crippen LogP contribution in [0.1, 0.15) is 79.0 Å². The SMILES string of the molecule is CC(C)(C)c1cc(C(=O)OCCc2ccc(C3(C(=N)c4cccs4)C=CC=N3)cc2)cc(C(C)(C)C)c1O. The van der Waals surface area contributed by atoms with E-state index in [0.29, 0.717) is 17.7 Å². The van der Waals surface area contributed by atoms with Gasteiger partial charge in [-0.05, 0) is 57.7 Å². The first-order chi connectivity index (χ1) is 17.8. The second-order valence-corrected chi connectivity index (χ2v) is 12.7. The van der Waals surface area contributed by atoms with Crippen LogP contribution < -0.4 is 0 Å². The standard InChI is InChI=1S/C32H36N2O3S/c1-30(2,3)24-19-22(20-25(27(24)35)31(4,5)6)29(36)37-17-14-21-10-12-23(13-11-21)32(15-8-16-34-32)28(33)26-9-7-18-38-26/h7-13,15-16,18-20,33,35H,14,17H2,1-6H3. The lowest BCUT2D eigenvalue weighted by molar-refractivity contribution is 0.0509. The summed E-state index contributed by atoms with van der Waals surface area (Å²) < 4.78 is 5.66. The Hall–Kier alpha value is -3.51. The molecule has 0 spiro atoms. The molecule has 0 saturated heterocycles. The van der Waals surface area contributed by atoms with Crippen LogP contribution >= 0.6 is 11.3 Å². The molecule has 38 heavy (non-hydrogen) atoms. The Kier molecular flexibility index (Phi) is 7.48. The molecule has 0 amide bonds. The number of thiophene rings is 1. The molecule has 0 aliphatic carbocycles. The maximum atomic E-state index is 13.0. The van der Waals surface area contributed by atoms with Crippen LogP contribution in [0.4, 0.5) is 0 Å². The molecular formula is C32H36N2O3S. The Morgan fingerprint density at radius 2 is 1.66 bits per heavy atom. The number of rotatable bonds is 7. The van der Waals surface area contributed by atoms with Crippen LogP contribution in [0, 0.1) is 5.41 Å². The summed E-state index contributed by atoms with van der Waals surface area (Å²) in [6.07, 6.45) is 6.15. The molecule has 1 aliphatic heterocycles.